The van der Waals surface area contributed by atoms with Gasteiger partial charge in [-0.3, -0.25) is 9.59 Å². The van der Waals surface area contributed by atoms with E-state index in [4.69, 9.17) is 15.9 Å². The molecule has 1 aromatic rings. The number of aliphatic carboxylic acids is 1. The molecule has 1 aromatic carbocycles. The van der Waals surface area contributed by atoms with E-state index in [1.54, 1.807) is 12.1 Å². The van der Waals surface area contributed by atoms with Crippen molar-refractivity contribution in [2.45, 2.75) is 24.5 Å². The number of carbonyl (C=O) groups excluding carboxylic acids is 2. The summed E-state index contributed by atoms with van der Waals surface area (Å²) in [4.78, 5) is 34.7. The molecule has 8 N–H and O–H groups in total. The van der Waals surface area contributed by atoms with Crippen molar-refractivity contribution in [2.24, 2.45) is 5.73 Å². The van der Waals surface area contributed by atoms with E-state index in [-0.39, 0.29) is 12.2 Å². The molecule has 3 unspecified atom stereocenters. The topological polar surface area (TPSA) is 182 Å². The van der Waals surface area contributed by atoms with Crippen LogP contribution in [0.25, 0.3) is 0 Å². The number of carbonyl (C=O) groups is 3. The number of nitrogens with two attached hydrogens (primary N) is 1. The molecule has 0 saturated carbocycles. The molecule has 10 nitrogen and oxygen atoms in total. The van der Waals surface area contributed by atoms with Crippen LogP contribution in [0.1, 0.15) is 5.56 Å². The standard InChI is InChI=1S/C15H21N3O7/c16-10(5-8-1-3-9(21)4-2-8)13(22)17-11(6-19)14(23)18-12(7-20)15(24)25/h1-4,10-12,19-21H,5-7,16H2,(H,17,22)(H,18,23)(H,24,25). The highest BCUT2D eigenvalue weighted by Gasteiger charge is 2.27. The maximum atomic E-state index is 12.0. The monoisotopic (exact) mass is 355 g/mol. The van der Waals surface area contributed by atoms with Gasteiger partial charge in [0.1, 0.15) is 17.8 Å². The average Bonchev–Trinajstić information content (AvgIpc) is 2.58. The Labute approximate surface area is 143 Å². The van der Waals surface area contributed by atoms with E-state index in [0.29, 0.717) is 5.56 Å². The summed E-state index contributed by atoms with van der Waals surface area (Å²) in [7, 11) is 0. The average molecular weight is 355 g/mol. The summed E-state index contributed by atoms with van der Waals surface area (Å²) in [5.41, 5.74) is 6.42. The maximum absolute atomic E-state index is 12.0. The lowest BCUT2D eigenvalue weighted by atomic mass is 10.1. The van der Waals surface area contributed by atoms with Crippen molar-refractivity contribution in [3.8, 4) is 5.75 Å². The predicted octanol–water partition coefficient (Wildman–Crippen LogP) is -2.70. The second-order valence-electron chi connectivity index (χ2n) is 5.30. The minimum atomic E-state index is -1.55. The van der Waals surface area contributed by atoms with Crippen molar-refractivity contribution in [2.75, 3.05) is 13.2 Å². The highest BCUT2D eigenvalue weighted by atomic mass is 16.4. The number of amides is 2. The minimum Gasteiger partial charge on any atom is -0.508 e. The van der Waals surface area contributed by atoms with Gasteiger partial charge in [0.25, 0.3) is 0 Å². The van der Waals surface area contributed by atoms with Crippen molar-refractivity contribution >= 4 is 17.8 Å². The summed E-state index contributed by atoms with van der Waals surface area (Å²) in [5, 5.41) is 40.3. The Hall–Kier alpha value is -2.69. The molecule has 0 bridgehead atoms. The number of phenolic OH excluding ortho intramolecular Hbond substituents is 1. The number of nitrogens with one attached hydrogen (secondary N) is 2. The maximum Gasteiger partial charge on any atom is 0.328 e. The fourth-order valence-corrected chi connectivity index (χ4v) is 1.91. The molecule has 0 fully saturated rings. The molecule has 0 spiro atoms. The van der Waals surface area contributed by atoms with Gasteiger partial charge in [-0.1, -0.05) is 12.1 Å². The number of carboxylic acids is 1. The Morgan fingerprint density at radius 1 is 0.960 bits per heavy atom. The molecule has 3 atom stereocenters. The van der Waals surface area contributed by atoms with Crippen LogP contribution in [0.3, 0.4) is 0 Å². The summed E-state index contributed by atoms with van der Waals surface area (Å²) in [6, 6.07) is 2.04. The first-order chi connectivity index (χ1) is 11.8. The van der Waals surface area contributed by atoms with Gasteiger partial charge in [-0.05, 0) is 24.1 Å². The molecule has 0 aliphatic heterocycles. The number of rotatable bonds is 9. The molecule has 25 heavy (non-hydrogen) atoms. The first-order valence-electron chi connectivity index (χ1n) is 7.37. The van der Waals surface area contributed by atoms with Crippen molar-refractivity contribution in [3.63, 3.8) is 0 Å². The van der Waals surface area contributed by atoms with E-state index in [1.165, 1.54) is 12.1 Å². The van der Waals surface area contributed by atoms with Gasteiger partial charge in [0.05, 0.1) is 19.3 Å². The fourth-order valence-electron chi connectivity index (χ4n) is 1.91. The summed E-state index contributed by atoms with van der Waals surface area (Å²) in [5.74, 6) is -3.08. The first-order valence-corrected chi connectivity index (χ1v) is 7.37. The lowest BCUT2D eigenvalue weighted by molar-refractivity contribution is -0.143. The van der Waals surface area contributed by atoms with Gasteiger partial charge in [-0.2, -0.15) is 0 Å². The van der Waals surface area contributed by atoms with E-state index in [1.807, 2.05) is 5.32 Å². The van der Waals surface area contributed by atoms with Crippen LogP contribution in [0.15, 0.2) is 24.3 Å². The zero-order chi connectivity index (χ0) is 19.0. The van der Waals surface area contributed by atoms with Gasteiger partial charge in [0.15, 0.2) is 0 Å². The Bertz CT molecular complexity index is 606. The van der Waals surface area contributed by atoms with Gasteiger partial charge >= 0.3 is 5.97 Å². The second kappa shape index (κ2) is 9.57. The zero-order valence-electron chi connectivity index (χ0n) is 13.3. The number of benzene rings is 1. The molecule has 0 heterocycles. The summed E-state index contributed by atoms with van der Waals surface area (Å²) >= 11 is 0. The Kier molecular flexibility index (Phi) is 7.79. The molecule has 0 aliphatic rings. The Morgan fingerprint density at radius 3 is 1.96 bits per heavy atom. The lowest BCUT2D eigenvalue weighted by Gasteiger charge is -2.20. The molecule has 0 radical (unpaired) electrons. The van der Waals surface area contributed by atoms with Crippen LogP contribution in [-0.4, -0.2) is 69.5 Å². The smallest absolute Gasteiger partial charge is 0.328 e. The van der Waals surface area contributed by atoms with Crippen LogP contribution in [0.2, 0.25) is 0 Å². The summed E-state index contributed by atoms with van der Waals surface area (Å²) < 4.78 is 0. The number of aliphatic hydroxyl groups excluding tert-OH is 2. The van der Waals surface area contributed by atoms with E-state index in [9.17, 15) is 24.6 Å². The predicted molar refractivity (Wildman–Crippen MR) is 85.5 cm³/mol. The van der Waals surface area contributed by atoms with Gasteiger partial charge in [-0.15, -0.1) is 0 Å². The Balaban J connectivity index is 2.63. The highest BCUT2D eigenvalue weighted by molar-refractivity contribution is 5.91. The number of phenols is 1. The summed E-state index contributed by atoms with van der Waals surface area (Å²) in [6.45, 7) is -1.62. The number of aliphatic hydroxyl groups is 2. The highest BCUT2D eigenvalue weighted by Crippen LogP contribution is 2.10. The number of aromatic hydroxyl groups is 1. The zero-order valence-corrected chi connectivity index (χ0v) is 13.3. The van der Waals surface area contributed by atoms with Crippen molar-refractivity contribution in [1.29, 1.82) is 0 Å². The van der Waals surface area contributed by atoms with Crippen molar-refractivity contribution in [1.82, 2.24) is 10.6 Å². The van der Waals surface area contributed by atoms with Gasteiger partial charge in [0.2, 0.25) is 11.8 Å². The lowest BCUT2D eigenvalue weighted by Crippen LogP contribution is -2.56. The third-order valence-corrected chi connectivity index (χ3v) is 3.34. The molecule has 1 rings (SSSR count). The molecular weight excluding hydrogens is 334 g/mol. The van der Waals surface area contributed by atoms with Gasteiger partial charge in [-0.25, -0.2) is 4.79 Å². The fraction of sp³-hybridized carbons (Fsp3) is 0.400. The second-order valence-corrected chi connectivity index (χ2v) is 5.30. The van der Waals surface area contributed by atoms with Crippen LogP contribution < -0.4 is 16.4 Å². The number of hydrogen-bond acceptors (Lipinski definition) is 7. The van der Waals surface area contributed by atoms with Crippen LogP contribution in [0, 0.1) is 0 Å². The Morgan fingerprint density at radius 2 is 1.48 bits per heavy atom. The molecule has 138 valence electrons. The third kappa shape index (κ3) is 6.37. The van der Waals surface area contributed by atoms with Gasteiger partial charge < -0.3 is 36.8 Å². The van der Waals surface area contributed by atoms with E-state index in [0.717, 1.165) is 0 Å². The minimum absolute atomic E-state index is 0.0654. The quantitative estimate of drug-likeness (QED) is 0.250. The van der Waals surface area contributed by atoms with Crippen molar-refractivity contribution in [3.05, 3.63) is 29.8 Å². The molecule has 2 amide bonds. The SMILES string of the molecule is NC(Cc1ccc(O)cc1)C(=O)NC(CO)C(=O)NC(CO)C(=O)O. The van der Waals surface area contributed by atoms with E-state index in [2.05, 4.69) is 5.32 Å². The van der Waals surface area contributed by atoms with Gasteiger partial charge in [0, 0.05) is 0 Å². The molecule has 10 heteroatoms. The normalized spacial score (nSPS) is 14.2. The van der Waals surface area contributed by atoms with Crippen LogP contribution in [-0.2, 0) is 20.8 Å². The first kappa shape index (κ1) is 20.4. The van der Waals surface area contributed by atoms with E-state index >= 15 is 0 Å². The molecule has 0 aliphatic carbocycles. The number of carboxylic acid groups (broad SMARTS) is 1. The molecular formula is C15H21N3O7. The van der Waals surface area contributed by atoms with Crippen LogP contribution in [0.4, 0.5) is 0 Å². The van der Waals surface area contributed by atoms with E-state index < -0.39 is 49.1 Å². The molecule has 0 aromatic heterocycles. The number of hydrogen-bond donors (Lipinski definition) is 7. The summed E-state index contributed by atoms with van der Waals surface area (Å²) in [6.07, 6.45) is 0.125. The largest absolute Gasteiger partial charge is 0.508 e. The van der Waals surface area contributed by atoms with Crippen LogP contribution in [0.5, 0.6) is 5.75 Å². The van der Waals surface area contributed by atoms with Crippen LogP contribution >= 0.6 is 0 Å². The molecule has 0 saturated heterocycles. The van der Waals surface area contributed by atoms with Crippen molar-refractivity contribution < 1.29 is 34.8 Å². The third-order valence-electron chi connectivity index (χ3n) is 3.34.